The molecule has 122 valence electrons. The molecule has 1 aliphatic rings. The van der Waals surface area contributed by atoms with E-state index in [4.69, 9.17) is 11.6 Å². The van der Waals surface area contributed by atoms with Crippen molar-refractivity contribution in [2.45, 2.75) is 29.7 Å². The average Bonchev–Trinajstić information content (AvgIpc) is 2.43. The van der Waals surface area contributed by atoms with E-state index in [0.29, 0.717) is 17.9 Å². The standard InChI is InChI=1S/C16H14ClF2NO2S/c17-12-7-5-11(6-8-12)16(9-2-10-16)20-23(21,22)15-13(18)3-1-4-14(15)19/h1,3-8,20H,2,9-10H2. The van der Waals surface area contributed by atoms with Crippen LogP contribution in [0.3, 0.4) is 0 Å². The number of rotatable bonds is 4. The number of halogens is 3. The highest BCUT2D eigenvalue weighted by molar-refractivity contribution is 7.89. The molecule has 0 radical (unpaired) electrons. The Kier molecular flexibility index (Phi) is 4.16. The molecule has 2 aromatic carbocycles. The Bertz CT molecular complexity index is 813. The van der Waals surface area contributed by atoms with Crippen LogP contribution in [-0.2, 0) is 15.6 Å². The second-order valence-corrected chi connectivity index (χ2v) is 7.65. The van der Waals surface area contributed by atoms with Crippen LogP contribution in [0.4, 0.5) is 8.78 Å². The smallest absolute Gasteiger partial charge is 0.207 e. The van der Waals surface area contributed by atoms with Gasteiger partial charge in [0, 0.05) is 5.02 Å². The summed E-state index contributed by atoms with van der Waals surface area (Å²) in [6.45, 7) is 0. The van der Waals surface area contributed by atoms with Crippen LogP contribution < -0.4 is 4.72 Å². The van der Waals surface area contributed by atoms with E-state index in [2.05, 4.69) is 4.72 Å². The number of nitrogens with one attached hydrogen (secondary N) is 1. The third kappa shape index (κ3) is 2.98. The zero-order chi connectivity index (χ0) is 16.7. The summed E-state index contributed by atoms with van der Waals surface area (Å²) in [6, 6.07) is 9.75. The van der Waals surface area contributed by atoms with Gasteiger partial charge in [-0.05, 0) is 49.1 Å². The molecule has 2 aromatic rings. The normalized spacial score (nSPS) is 16.8. The van der Waals surface area contributed by atoms with Crippen molar-refractivity contribution in [1.82, 2.24) is 4.72 Å². The quantitative estimate of drug-likeness (QED) is 0.899. The fraction of sp³-hybridized carbons (Fsp3) is 0.250. The molecule has 0 saturated heterocycles. The fourth-order valence-electron chi connectivity index (χ4n) is 2.80. The molecule has 7 heteroatoms. The molecule has 1 N–H and O–H groups in total. The van der Waals surface area contributed by atoms with Crippen molar-refractivity contribution in [1.29, 1.82) is 0 Å². The van der Waals surface area contributed by atoms with E-state index < -0.39 is 32.1 Å². The zero-order valence-electron chi connectivity index (χ0n) is 12.0. The number of sulfonamides is 1. The van der Waals surface area contributed by atoms with Crippen molar-refractivity contribution in [2.75, 3.05) is 0 Å². The Morgan fingerprint density at radius 3 is 2.04 bits per heavy atom. The van der Waals surface area contributed by atoms with E-state index in [-0.39, 0.29) is 0 Å². The minimum Gasteiger partial charge on any atom is -0.207 e. The summed E-state index contributed by atoms with van der Waals surface area (Å²) in [6.07, 6.45) is 1.94. The van der Waals surface area contributed by atoms with Crippen LogP contribution in [0.25, 0.3) is 0 Å². The summed E-state index contributed by atoms with van der Waals surface area (Å²) < 4.78 is 55.1. The molecule has 1 saturated carbocycles. The van der Waals surface area contributed by atoms with Crippen molar-refractivity contribution >= 4 is 21.6 Å². The third-order valence-corrected chi connectivity index (χ3v) is 5.96. The second kappa shape index (κ2) is 5.85. The van der Waals surface area contributed by atoms with Crippen LogP contribution in [0.15, 0.2) is 47.4 Å². The minimum atomic E-state index is -4.33. The van der Waals surface area contributed by atoms with Gasteiger partial charge in [0.15, 0.2) is 4.90 Å². The van der Waals surface area contributed by atoms with E-state index in [0.717, 1.165) is 30.2 Å². The maximum absolute atomic E-state index is 13.8. The highest BCUT2D eigenvalue weighted by Gasteiger charge is 2.43. The third-order valence-electron chi connectivity index (χ3n) is 4.12. The summed E-state index contributed by atoms with van der Waals surface area (Å²) >= 11 is 5.86. The van der Waals surface area contributed by atoms with Gasteiger partial charge in [0.1, 0.15) is 11.6 Å². The highest BCUT2D eigenvalue weighted by atomic mass is 35.5. The fourth-order valence-corrected chi connectivity index (χ4v) is 4.51. The van der Waals surface area contributed by atoms with Crippen LogP contribution in [0.2, 0.25) is 5.02 Å². The Hall–Kier alpha value is -1.50. The van der Waals surface area contributed by atoms with E-state index in [9.17, 15) is 17.2 Å². The Balaban J connectivity index is 2.00. The molecule has 0 bridgehead atoms. The largest absolute Gasteiger partial charge is 0.247 e. The van der Waals surface area contributed by atoms with Crippen LogP contribution in [0, 0.1) is 11.6 Å². The van der Waals surface area contributed by atoms with Crippen molar-refractivity contribution in [2.24, 2.45) is 0 Å². The van der Waals surface area contributed by atoms with Gasteiger partial charge in [0.2, 0.25) is 10.0 Å². The number of benzene rings is 2. The second-order valence-electron chi connectivity index (χ2n) is 5.60. The first-order chi connectivity index (χ1) is 10.8. The van der Waals surface area contributed by atoms with E-state index >= 15 is 0 Å². The lowest BCUT2D eigenvalue weighted by molar-refractivity contribution is 0.224. The molecular formula is C16H14ClF2NO2S. The van der Waals surface area contributed by atoms with Gasteiger partial charge in [-0.25, -0.2) is 21.9 Å². The summed E-state index contributed by atoms with van der Waals surface area (Å²) in [5.74, 6) is -2.22. The maximum atomic E-state index is 13.8. The number of hydrogen-bond acceptors (Lipinski definition) is 2. The van der Waals surface area contributed by atoms with Gasteiger partial charge in [-0.1, -0.05) is 29.8 Å². The summed E-state index contributed by atoms with van der Waals surface area (Å²) in [7, 11) is -4.33. The topological polar surface area (TPSA) is 46.2 Å². The van der Waals surface area contributed by atoms with Gasteiger partial charge < -0.3 is 0 Å². The van der Waals surface area contributed by atoms with Crippen molar-refractivity contribution in [3.8, 4) is 0 Å². The Morgan fingerprint density at radius 2 is 1.57 bits per heavy atom. The van der Waals surface area contributed by atoms with Gasteiger partial charge in [-0.2, -0.15) is 0 Å². The first kappa shape index (κ1) is 16.4. The van der Waals surface area contributed by atoms with E-state index in [1.807, 2.05) is 0 Å². The molecule has 0 amide bonds. The lowest BCUT2D eigenvalue weighted by atomic mass is 9.73. The van der Waals surface area contributed by atoms with Crippen LogP contribution in [0.5, 0.6) is 0 Å². The monoisotopic (exact) mass is 357 g/mol. The predicted octanol–water partition coefficient (Wildman–Crippen LogP) is 3.98. The first-order valence-corrected chi connectivity index (χ1v) is 8.94. The van der Waals surface area contributed by atoms with Gasteiger partial charge in [0.05, 0.1) is 5.54 Å². The van der Waals surface area contributed by atoms with Crippen LogP contribution >= 0.6 is 11.6 Å². The number of hydrogen-bond donors (Lipinski definition) is 1. The van der Waals surface area contributed by atoms with E-state index in [1.54, 1.807) is 24.3 Å². The molecule has 3 nitrogen and oxygen atoms in total. The van der Waals surface area contributed by atoms with Gasteiger partial charge in [0.25, 0.3) is 0 Å². The molecule has 0 atom stereocenters. The Morgan fingerprint density at radius 1 is 1.00 bits per heavy atom. The SMILES string of the molecule is O=S(=O)(NC1(c2ccc(Cl)cc2)CCC1)c1c(F)cccc1F. The summed E-state index contributed by atoms with van der Waals surface area (Å²) in [4.78, 5) is -0.944. The summed E-state index contributed by atoms with van der Waals surface area (Å²) in [5, 5.41) is 0.534. The average molecular weight is 358 g/mol. The zero-order valence-corrected chi connectivity index (χ0v) is 13.6. The Labute approximate surface area is 138 Å². The molecule has 0 aromatic heterocycles. The molecule has 0 spiro atoms. The molecular weight excluding hydrogens is 344 g/mol. The minimum absolute atomic E-state index is 0.534. The highest BCUT2D eigenvalue weighted by Crippen LogP contribution is 2.43. The lowest BCUT2D eigenvalue weighted by Crippen LogP contribution is -2.50. The van der Waals surface area contributed by atoms with Gasteiger partial charge in [-0.3, -0.25) is 0 Å². The van der Waals surface area contributed by atoms with E-state index in [1.165, 1.54) is 0 Å². The molecule has 0 aliphatic heterocycles. The predicted molar refractivity (Wildman–Crippen MR) is 83.7 cm³/mol. The van der Waals surface area contributed by atoms with Crippen molar-refractivity contribution in [3.05, 3.63) is 64.7 Å². The van der Waals surface area contributed by atoms with Gasteiger partial charge >= 0.3 is 0 Å². The van der Waals surface area contributed by atoms with Gasteiger partial charge in [-0.15, -0.1) is 0 Å². The van der Waals surface area contributed by atoms with Crippen molar-refractivity contribution < 1.29 is 17.2 Å². The molecule has 3 rings (SSSR count). The summed E-state index contributed by atoms with van der Waals surface area (Å²) in [5.41, 5.74) is -0.119. The van der Waals surface area contributed by atoms with Crippen LogP contribution in [-0.4, -0.2) is 8.42 Å². The van der Waals surface area contributed by atoms with Crippen LogP contribution in [0.1, 0.15) is 24.8 Å². The first-order valence-electron chi connectivity index (χ1n) is 7.08. The maximum Gasteiger partial charge on any atom is 0.247 e. The molecule has 1 aliphatic carbocycles. The molecule has 0 heterocycles. The molecule has 0 unspecified atom stereocenters. The van der Waals surface area contributed by atoms with Crippen molar-refractivity contribution in [3.63, 3.8) is 0 Å². The molecule has 1 fully saturated rings. The lowest BCUT2D eigenvalue weighted by Gasteiger charge is -2.42. The molecule has 23 heavy (non-hydrogen) atoms.